The summed E-state index contributed by atoms with van der Waals surface area (Å²) in [6.07, 6.45) is 3.78. The molecule has 0 saturated heterocycles. The van der Waals surface area contributed by atoms with Crippen molar-refractivity contribution in [2.75, 3.05) is 25.5 Å². The Morgan fingerprint density at radius 2 is 1.90 bits per heavy atom. The Bertz CT molecular complexity index is 908. The standard InChI is InChI=1S/C24H34N4O3/c1-6-14-27(23(30)17-8-7-9-17)16-22(29)25-21-15-20(24(2,3)4)26-28(21)18-10-12-19(31-5)13-11-18/h10-13,15,17H,6-9,14,16H2,1-5H3,(H,25,29). The molecule has 2 amide bonds. The number of amides is 2. The molecule has 1 aromatic heterocycles. The number of anilines is 1. The molecule has 1 N–H and O–H groups in total. The van der Waals surface area contributed by atoms with Gasteiger partial charge >= 0.3 is 0 Å². The second-order valence-corrected chi connectivity index (χ2v) is 9.21. The van der Waals surface area contributed by atoms with Gasteiger partial charge < -0.3 is 15.0 Å². The van der Waals surface area contributed by atoms with Gasteiger partial charge in [0, 0.05) is 23.9 Å². The van der Waals surface area contributed by atoms with Crippen molar-refractivity contribution in [3.05, 3.63) is 36.0 Å². The highest BCUT2D eigenvalue weighted by molar-refractivity contribution is 5.94. The van der Waals surface area contributed by atoms with Gasteiger partial charge in [-0.15, -0.1) is 0 Å². The molecule has 1 heterocycles. The number of carbonyl (C=O) groups excluding carboxylic acids is 2. The van der Waals surface area contributed by atoms with Crippen molar-refractivity contribution in [3.8, 4) is 11.4 Å². The van der Waals surface area contributed by atoms with Gasteiger partial charge in [-0.1, -0.05) is 34.1 Å². The summed E-state index contributed by atoms with van der Waals surface area (Å²) in [6, 6.07) is 9.42. The third-order valence-electron chi connectivity index (χ3n) is 5.66. The van der Waals surface area contributed by atoms with Crippen molar-refractivity contribution in [1.82, 2.24) is 14.7 Å². The smallest absolute Gasteiger partial charge is 0.245 e. The predicted octanol–water partition coefficient (Wildman–Crippen LogP) is 4.16. The Hall–Kier alpha value is -2.83. The second-order valence-electron chi connectivity index (χ2n) is 9.21. The lowest BCUT2D eigenvalue weighted by Crippen LogP contribution is -2.43. The maximum absolute atomic E-state index is 12.9. The zero-order valence-electron chi connectivity index (χ0n) is 19.3. The molecule has 0 unspecified atom stereocenters. The van der Waals surface area contributed by atoms with Crippen LogP contribution in [0.25, 0.3) is 5.69 Å². The van der Waals surface area contributed by atoms with E-state index in [2.05, 4.69) is 26.1 Å². The van der Waals surface area contributed by atoms with E-state index in [1.54, 1.807) is 16.7 Å². The maximum Gasteiger partial charge on any atom is 0.245 e. The maximum atomic E-state index is 12.9. The Kier molecular flexibility index (Phi) is 7.03. The number of benzene rings is 1. The third kappa shape index (κ3) is 5.46. The van der Waals surface area contributed by atoms with E-state index in [0.29, 0.717) is 12.4 Å². The highest BCUT2D eigenvalue weighted by atomic mass is 16.5. The summed E-state index contributed by atoms with van der Waals surface area (Å²) < 4.78 is 6.98. The van der Waals surface area contributed by atoms with Gasteiger partial charge in [-0.3, -0.25) is 9.59 Å². The molecule has 1 aromatic carbocycles. The van der Waals surface area contributed by atoms with E-state index in [1.165, 1.54) is 0 Å². The molecule has 0 atom stereocenters. The van der Waals surface area contributed by atoms with Crippen LogP contribution in [0.4, 0.5) is 5.82 Å². The molecule has 0 aliphatic heterocycles. The number of methoxy groups -OCH3 is 1. The Balaban J connectivity index is 1.82. The lowest BCUT2D eigenvalue weighted by molar-refractivity contribution is -0.140. The molecule has 3 rings (SSSR count). The van der Waals surface area contributed by atoms with Gasteiger partial charge in [0.1, 0.15) is 11.6 Å². The quantitative estimate of drug-likeness (QED) is 0.688. The Labute approximate surface area is 184 Å². The summed E-state index contributed by atoms with van der Waals surface area (Å²) >= 11 is 0. The summed E-state index contributed by atoms with van der Waals surface area (Å²) in [5.41, 5.74) is 1.52. The van der Waals surface area contributed by atoms with Crippen molar-refractivity contribution in [2.24, 2.45) is 5.92 Å². The summed E-state index contributed by atoms with van der Waals surface area (Å²) in [5.74, 6) is 1.31. The summed E-state index contributed by atoms with van der Waals surface area (Å²) in [4.78, 5) is 27.3. The SMILES string of the molecule is CCCN(CC(=O)Nc1cc(C(C)(C)C)nn1-c1ccc(OC)cc1)C(=O)C1CCC1. The molecule has 7 heteroatoms. The van der Waals surface area contributed by atoms with E-state index >= 15 is 0 Å². The molecule has 1 fully saturated rings. The van der Waals surface area contributed by atoms with Crippen molar-refractivity contribution in [2.45, 2.75) is 58.8 Å². The number of aromatic nitrogens is 2. The van der Waals surface area contributed by atoms with E-state index < -0.39 is 0 Å². The fourth-order valence-corrected chi connectivity index (χ4v) is 3.56. The topological polar surface area (TPSA) is 76.5 Å². The average molecular weight is 427 g/mol. The number of carbonyl (C=O) groups is 2. The van der Waals surface area contributed by atoms with Gasteiger partial charge in [-0.2, -0.15) is 5.10 Å². The molecule has 1 aliphatic carbocycles. The molecule has 1 saturated carbocycles. The van der Waals surface area contributed by atoms with E-state index in [-0.39, 0.29) is 29.7 Å². The number of hydrogen-bond donors (Lipinski definition) is 1. The Morgan fingerprint density at radius 1 is 1.23 bits per heavy atom. The normalized spacial score (nSPS) is 14.1. The van der Waals surface area contributed by atoms with E-state index in [1.807, 2.05) is 37.3 Å². The van der Waals surface area contributed by atoms with Crippen LogP contribution in [0.2, 0.25) is 0 Å². The molecule has 0 radical (unpaired) electrons. The summed E-state index contributed by atoms with van der Waals surface area (Å²) in [7, 11) is 1.62. The number of ether oxygens (including phenoxy) is 1. The molecule has 7 nitrogen and oxygen atoms in total. The fourth-order valence-electron chi connectivity index (χ4n) is 3.56. The van der Waals surface area contributed by atoms with Gasteiger partial charge in [0.2, 0.25) is 11.8 Å². The first-order valence-corrected chi connectivity index (χ1v) is 11.1. The van der Waals surface area contributed by atoms with Gasteiger partial charge in [-0.25, -0.2) is 4.68 Å². The molecule has 31 heavy (non-hydrogen) atoms. The van der Waals surface area contributed by atoms with E-state index in [9.17, 15) is 9.59 Å². The van der Waals surface area contributed by atoms with Crippen LogP contribution in [0, 0.1) is 5.92 Å². The number of nitrogens with one attached hydrogen (secondary N) is 1. The first-order valence-electron chi connectivity index (χ1n) is 11.1. The molecule has 0 spiro atoms. The minimum atomic E-state index is -0.212. The van der Waals surface area contributed by atoms with Crippen LogP contribution < -0.4 is 10.1 Å². The van der Waals surface area contributed by atoms with Crippen LogP contribution in [0.3, 0.4) is 0 Å². The number of hydrogen-bond acceptors (Lipinski definition) is 4. The minimum absolute atomic E-state index is 0.0574. The average Bonchev–Trinajstić information content (AvgIpc) is 3.10. The lowest BCUT2D eigenvalue weighted by atomic mass is 9.84. The van der Waals surface area contributed by atoms with Crippen LogP contribution in [0.1, 0.15) is 59.1 Å². The first-order chi connectivity index (χ1) is 14.7. The van der Waals surface area contributed by atoms with Gasteiger partial charge in [0.25, 0.3) is 0 Å². The van der Waals surface area contributed by atoms with Crippen LogP contribution in [-0.2, 0) is 15.0 Å². The largest absolute Gasteiger partial charge is 0.497 e. The zero-order valence-corrected chi connectivity index (χ0v) is 19.3. The van der Waals surface area contributed by atoms with Crippen molar-refractivity contribution < 1.29 is 14.3 Å². The van der Waals surface area contributed by atoms with Gasteiger partial charge in [0.05, 0.1) is 25.0 Å². The van der Waals surface area contributed by atoms with Gasteiger partial charge in [-0.05, 0) is 43.5 Å². The third-order valence-corrected chi connectivity index (χ3v) is 5.66. The highest BCUT2D eigenvalue weighted by Crippen LogP contribution is 2.29. The first kappa shape index (κ1) is 22.8. The molecular weight excluding hydrogens is 392 g/mol. The zero-order chi connectivity index (χ0) is 22.6. The monoisotopic (exact) mass is 426 g/mol. The van der Waals surface area contributed by atoms with Crippen LogP contribution in [0.15, 0.2) is 30.3 Å². The molecule has 1 aliphatic rings. The van der Waals surface area contributed by atoms with Crippen LogP contribution in [-0.4, -0.2) is 46.7 Å². The molecule has 2 aromatic rings. The Morgan fingerprint density at radius 3 is 2.42 bits per heavy atom. The van der Waals surface area contributed by atoms with E-state index in [0.717, 1.165) is 42.8 Å². The summed E-state index contributed by atoms with van der Waals surface area (Å²) in [6.45, 7) is 8.92. The highest BCUT2D eigenvalue weighted by Gasteiger charge is 2.30. The van der Waals surface area contributed by atoms with Crippen molar-refractivity contribution >= 4 is 17.6 Å². The molecular formula is C24H34N4O3. The number of rotatable bonds is 8. The van der Waals surface area contributed by atoms with Gasteiger partial charge in [0.15, 0.2) is 0 Å². The fraction of sp³-hybridized carbons (Fsp3) is 0.542. The summed E-state index contributed by atoms with van der Waals surface area (Å²) in [5, 5.41) is 7.73. The van der Waals surface area contributed by atoms with E-state index in [4.69, 9.17) is 9.84 Å². The van der Waals surface area contributed by atoms with Crippen LogP contribution >= 0.6 is 0 Å². The number of nitrogens with zero attached hydrogens (tertiary/aromatic N) is 3. The van der Waals surface area contributed by atoms with Crippen molar-refractivity contribution in [3.63, 3.8) is 0 Å². The predicted molar refractivity (Wildman–Crippen MR) is 122 cm³/mol. The molecule has 168 valence electrons. The molecule has 0 bridgehead atoms. The second kappa shape index (κ2) is 9.54. The lowest BCUT2D eigenvalue weighted by Gasteiger charge is -2.31. The van der Waals surface area contributed by atoms with Crippen molar-refractivity contribution in [1.29, 1.82) is 0 Å². The van der Waals surface area contributed by atoms with Crippen LogP contribution in [0.5, 0.6) is 5.75 Å². The minimum Gasteiger partial charge on any atom is -0.497 e.